The molecule has 1 saturated carbocycles. The number of thiazole rings is 1. The molecule has 1 aliphatic heterocycles. The van der Waals surface area contributed by atoms with E-state index in [1.807, 2.05) is 18.5 Å². The van der Waals surface area contributed by atoms with E-state index in [4.69, 9.17) is 4.74 Å². The second-order valence-electron chi connectivity index (χ2n) is 9.09. The molecule has 0 radical (unpaired) electrons. The maximum atomic E-state index is 12.9. The van der Waals surface area contributed by atoms with E-state index in [9.17, 15) is 4.79 Å². The minimum atomic E-state index is 0.0232. The van der Waals surface area contributed by atoms with Crippen molar-refractivity contribution < 1.29 is 4.74 Å². The van der Waals surface area contributed by atoms with Gasteiger partial charge in [-0.05, 0) is 50.3 Å². The van der Waals surface area contributed by atoms with Gasteiger partial charge in [0.25, 0.3) is 5.56 Å². The summed E-state index contributed by atoms with van der Waals surface area (Å²) in [6.07, 6.45) is 13.7. The summed E-state index contributed by atoms with van der Waals surface area (Å²) in [6.45, 7) is 3.64. The summed E-state index contributed by atoms with van der Waals surface area (Å²) in [5, 5.41) is 4.63. The molecule has 3 aromatic rings. The predicted molar refractivity (Wildman–Crippen MR) is 132 cm³/mol. The number of piperidine rings is 1. The molecule has 2 fully saturated rings. The van der Waals surface area contributed by atoms with Gasteiger partial charge in [-0.1, -0.05) is 6.42 Å². The van der Waals surface area contributed by atoms with E-state index in [1.54, 1.807) is 41.5 Å². The van der Waals surface area contributed by atoms with Crippen LogP contribution in [-0.4, -0.2) is 47.3 Å². The standard InChI is InChI=1S/C25H31N5O2S/c1-32-22-10-19(13-26-14-22)25-28-15-23(33-25)17-30-9-7-21(11-24(30)31)29-8-3-6-20(16-29)27-12-18-4-2-5-18/h7,9-11,13-15,18,20,27H,2-6,8,12,16-17H2,1H3/t20-/m1/s1. The van der Waals surface area contributed by atoms with Gasteiger partial charge in [-0.3, -0.25) is 9.78 Å². The number of methoxy groups -OCH3 is 1. The van der Waals surface area contributed by atoms with Gasteiger partial charge >= 0.3 is 0 Å². The van der Waals surface area contributed by atoms with Gasteiger partial charge in [0.2, 0.25) is 0 Å². The lowest BCUT2D eigenvalue weighted by Crippen LogP contribution is -2.47. The second kappa shape index (κ2) is 10.1. The van der Waals surface area contributed by atoms with E-state index in [2.05, 4.69) is 26.3 Å². The SMILES string of the molecule is COc1cncc(-c2ncc(Cn3ccc(N4CCC[C@@H](NCC5CCC5)C4)cc3=O)s2)c1. The molecule has 0 unspecified atom stereocenters. The van der Waals surface area contributed by atoms with E-state index in [-0.39, 0.29) is 5.56 Å². The van der Waals surface area contributed by atoms with Gasteiger partial charge in [0.15, 0.2) is 0 Å². The van der Waals surface area contributed by atoms with E-state index in [0.29, 0.717) is 18.3 Å². The molecule has 0 spiro atoms. The van der Waals surface area contributed by atoms with Crippen LogP contribution < -0.4 is 20.5 Å². The van der Waals surface area contributed by atoms with Crippen molar-refractivity contribution in [3.05, 3.63) is 58.2 Å². The highest BCUT2D eigenvalue weighted by molar-refractivity contribution is 7.15. The Balaban J connectivity index is 1.23. The van der Waals surface area contributed by atoms with Crippen LogP contribution >= 0.6 is 11.3 Å². The molecule has 1 N–H and O–H groups in total. The van der Waals surface area contributed by atoms with Crippen LogP contribution in [0, 0.1) is 5.92 Å². The molecule has 4 heterocycles. The Kier molecular flexibility index (Phi) is 6.73. The van der Waals surface area contributed by atoms with Crippen LogP contribution in [-0.2, 0) is 6.54 Å². The molecule has 0 amide bonds. The number of anilines is 1. The molecule has 7 nitrogen and oxygen atoms in total. The Morgan fingerprint density at radius 3 is 2.88 bits per heavy atom. The molecule has 3 aromatic heterocycles. The molecular formula is C25H31N5O2S. The van der Waals surface area contributed by atoms with E-state index in [0.717, 1.165) is 53.1 Å². The third-order valence-corrected chi connectivity index (χ3v) is 7.79. The zero-order chi connectivity index (χ0) is 22.6. The van der Waals surface area contributed by atoms with Crippen molar-refractivity contribution in [3.63, 3.8) is 0 Å². The van der Waals surface area contributed by atoms with Crippen LogP contribution in [0.1, 0.15) is 37.0 Å². The van der Waals surface area contributed by atoms with Crippen molar-refractivity contribution in [1.29, 1.82) is 0 Å². The van der Waals surface area contributed by atoms with E-state index < -0.39 is 0 Å². The van der Waals surface area contributed by atoms with Crippen molar-refractivity contribution in [2.75, 3.05) is 31.6 Å². The van der Waals surface area contributed by atoms with Crippen LogP contribution in [0.25, 0.3) is 10.6 Å². The molecule has 1 aliphatic carbocycles. The summed E-state index contributed by atoms with van der Waals surface area (Å²) in [5.74, 6) is 1.57. The first-order valence-corrected chi connectivity index (χ1v) is 12.6. The second-order valence-corrected chi connectivity index (χ2v) is 10.2. The number of nitrogens with zero attached hydrogens (tertiary/aromatic N) is 4. The van der Waals surface area contributed by atoms with Crippen molar-refractivity contribution in [2.45, 2.75) is 44.7 Å². The molecule has 0 aromatic carbocycles. The summed E-state index contributed by atoms with van der Waals surface area (Å²) in [7, 11) is 1.63. The Labute approximate surface area is 198 Å². The van der Waals surface area contributed by atoms with E-state index >= 15 is 0 Å². The first kappa shape index (κ1) is 22.1. The van der Waals surface area contributed by atoms with Crippen molar-refractivity contribution in [2.24, 2.45) is 5.92 Å². The van der Waals surface area contributed by atoms with Crippen LogP contribution in [0.4, 0.5) is 5.69 Å². The predicted octanol–water partition coefficient (Wildman–Crippen LogP) is 3.78. The first-order chi connectivity index (χ1) is 16.2. The Bertz CT molecular complexity index is 1140. The molecule has 1 atom stereocenters. The molecule has 8 heteroatoms. The highest BCUT2D eigenvalue weighted by Gasteiger charge is 2.23. The number of nitrogens with one attached hydrogen (secondary N) is 1. The topological polar surface area (TPSA) is 72.3 Å². The number of pyridine rings is 2. The molecule has 33 heavy (non-hydrogen) atoms. The largest absolute Gasteiger partial charge is 0.495 e. The minimum absolute atomic E-state index is 0.0232. The lowest BCUT2D eigenvalue weighted by atomic mass is 9.85. The molecule has 2 aliphatic rings. The average molecular weight is 466 g/mol. The molecule has 1 saturated heterocycles. The van der Waals surface area contributed by atoms with Gasteiger partial charge in [0.1, 0.15) is 10.8 Å². The minimum Gasteiger partial charge on any atom is -0.495 e. The van der Waals surface area contributed by atoms with Gasteiger partial charge in [0, 0.05) is 59.9 Å². The third-order valence-electron chi connectivity index (χ3n) is 6.76. The summed E-state index contributed by atoms with van der Waals surface area (Å²) in [4.78, 5) is 25.0. The van der Waals surface area contributed by atoms with Crippen LogP contribution in [0.2, 0.25) is 0 Å². The lowest BCUT2D eigenvalue weighted by Gasteiger charge is -2.36. The fraction of sp³-hybridized carbons (Fsp3) is 0.480. The zero-order valence-electron chi connectivity index (χ0n) is 19.1. The number of hydrogen-bond acceptors (Lipinski definition) is 7. The summed E-state index contributed by atoms with van der Waals surface area (Å²) in [6, 6.07) is 6.29. The maximum absolute atomic E-state index is 12.9. The van der Waals surface area contributed by atoms with Crippen LogP contribution in [0.15, 0.2) is 47.8 Å². The van der Waals surface area contributed by atoms with Crippen molar-refractivity contribution in [3.8, 4) is 16.3 Å². The van der Waals surface area contributed by atoms with Crippen LogP contribution in [0.3, 0.4) is 0 Å². The van der Waals surface area contributed by atoms with Crippen molar-refractivity contribution >= 4 is 17.0 Å². The maximum Gasteiger partial charge on any atom is 0.252 e. The van der Waals surface area contributed by atoms with Crippen LogP contribution in [0.5, 0.6) is 5.75 Å². The molecular weight excluding hydrogens is 434 g/mol. The lowest BCUT2D eigenvalue weighted by molar-refractivity contribution is 0.280. The zero-order valence-corrected chi connectivity index (χ0v) is 19.9. The number of aromatic nitrogens is 3. The normalized spacial score (nSPS) is 18.8. The number of ether oxygens (including phenoxy) is 1. The Hall–Kier alpha value is -2.71. The Morgan fingerprint density at radius 2 is 2.09 bits per heavy atom. The molecule has 174 valence electrons. The highest BCUT2D eigenvalue weighted by atomic mass is 32.1. The number of rotatable bonds is 8. The van der Waals surface area contributed by atoms with Crippen molar-refractivity contribution in [1.82, 2.24) is 19.9 Å². The third kappa shape index (κ3) is 5.28. The van der Waals surface area contributed by atoms with Gasteiger partial charge in [-0.15, -0.1) is 11.3 Å². The smallest absolute Gasteiger partial charge is 0.252 e. The summed E-state index contributed by atoms with van der Waals surface area (Å²) < 4.78 is 7.01. The number of hydrogen-bond donors (Lipinski definition) is 1. The van der Waals surface area contributed by atoms with Gasteiger partial charge < -0.3 is 19.5 Å². The summed E-state index contributed by atoms with van der Waals surface area (Å²) >= 11 is 1.57. The fourth-order valence-corrected chi connectivity index (χ4v) is 5.45. The Morgan fingerprint density at radius 1 is 1.18 bits per heavy atom. The highest BCUT2D eigenvalue weighted by Crippen LogP contribution is 2.28. The average Bonchev–Trinajstić information content (AvgIpc) is 3.28. The van der Waals surface area contributed by atoms with Gasteiger partial charge in [0.05, 0.1) is 19.9 Å². The fourth-order valence-electron chi connectivity index (χ4n) is 4.56. The quantitative estimate of drug-likeness (QED) is 0.546. The monoisotopic (exact) mass is 465 g/mol. The van der Waals surface area contributed by atoms with E-state index in [1.165, 1.54) is 25.7 Å². The van der Waals surface area contributed by atoms with Gasteiger partial charge in [-0.25, -0.2) is 4.98 Å². The summed E-state index contributed by atoms with van der Waals surface area (Å²) in [5.41, 5.74) is 1.97. The first-order valence-electron chi connectivity index (χ1n) is 11.8. The van der Waals surface area contributed by atoms with Gasteiger partial charge in [-0.2, -0.15) is 0 Å². The molecule has 5 rings (SSSR count). The molecule has 0 bridgehead atoms.